The highest BCUT2D eigenvalue weighted by Crippen LogP contribution is 2.22. The van der Waals surface area contributed by atoms with Crippen LogP contribution in [0.2, 0.25) is 0 Å². The van der Waals surface area contributed by atoms with Crippen molar-refractivity contribution in [3.63, 3.8) is 0 Å². The molecule has 3 nitrogen and oxygen atoms in total. The Labute approximate surface area is 83.0 Å². The number of nitrogens with one attached hydrogen (secondary N) is 1. The molecule has 0 unspecified atom stereocenters. The van der Waals surface area contributed by atoms with Crippen LogP contribution in [0.3, 0.4) is 0 Å². The van der Waals surface area contributed by atoms with E-state index in [4.69, 9.17) is 0 Å². The smallest absolute Gasteiger partial charge is 0.271 e. The van der Waals surface area contributed by atoms with Crippen molar-refractivity contribution in [2.45, 2.75) is 13.0 Å². The van der Waals surface area contributed by atoms with E-state index in [-0.39, 0.29) is 11.6 Å². The Bertz CT molecular complexity index is 361. The summed E-state index contributed by atoms with van der Waals surface area (Å²) >= 11 is 3.05. The molecule has 70 valence electrons. The minimum atomic E-state index is -0.473. The van der Waals surface area contributed by atoms with Crippen LogP contribution in [-0.4, -0.2) is 17.0 Å². The third kappa shape index (κ3) is 1.37. The van der Waals surface area contributed by atoms with Gasteiger partial charge in [-0.05, 0) is 22.4 Å². The van der Waals surface area contributed by atoms with Crippen molar-refractivity contribution in [2.75, 3.05) is 6.54 Å². The molecule has 0 aromatic carbocycles. The van der Waals surface area contributed by atoms with E-state index in [1.54, 1.807) is 10.8 Å². The Kier molecular flexibility index (Phi) is 2.11. The highest BCUT2D eigenvalue weighted by atomic mass is 79.9. The van der Waals surface area contributed by atoms with Crippen molar-refractivity contribution < 1.29 is 9.18 Å². The number of carbonyl (C=O) groups excluding carboxylic acids is 1. The number of rotatable bonds is 0. The molecule has 0 fully saturated rings. The molecule has 1 aromatic heterocycles. The second-order valence-corrected chi connectivity index (χ2v) is 3.80. The lowest BCUT2D eigenvalue weighted by Crippen LogP contribution is -2.23. The Hall–Kier alpha value is -0.840. The second kappa shape index (κ2) is 3.14. The molecule has 0 spiro atoms. The first-order chi connectivity index (χ1) is 6.20. The third-order valence-corrected chi connectivity index (χ3v) is 2.60. The van der Waals surface area contributed by atoms with Crippen molar-refractivity contribution in [1.82, 2.24) is 9.88 Å². The van der Waals surface area contributed by atoms with Gasteiger partial charge in [-0.1, -0.05) is 0 Å². The van der Waals surface area contributed by atoms with Crippen LogP contribution in [0.25, 0.3) is 0 Å². The lowest BCUT2D eigenvalue weighted by atomic mass is 10.4. The van der Waals surface area contributed by atoms with Crippen LogP contribution < -0.4 is 5.32 Å². The largest absolute Gasteiger partial charge is 0.351 e. The maximum absolute atomic E-state index is 13.3. The van der Waals surface area contributed by atoms with Gasteiger partial charge in [0.25, 0.3) is 5.91 Å². The first kappa shape index (κ1) is 8.74. The van der Waals surface area contributed by atoms with Crippen molar-refractivity contribution in [3.8, 4) is 0 Å². The summed E-state index contributed by atoms with van der Waals surface area (Å²) < 4.78 is 15.3. The van der Waals surface area contributed by atoms with E-state index in [1.165, 1.54) is 0 Å². The van der Waals surface area contributed by atoms with Gasteiger partial charge in [-0.2, -0.15) is 0 Å². The molecule has 5 heteroatoms. The number of aromatic nitrogens is 1. The average molecular weight is 247 g/mol. The first-order valence-corrected chi connectivity index (χ1v) is 4.82. The lowest BCUT2D eigenvalue weighted by molar-refractivity contribution is 0.0947. The van der Waals surface area contributed by atoms with Gasteiger partial charge in [-0.15, -0.1) is 0 Å². The summed E-state index contributed by atoms with van der Waals surface area (Å²) in [7, 11) is 0. The molecule has 0 saturated heterocycles. The van der Waals surface area contributed by atoms with E-state index in [1.807, 2.05) is 0 Å². The predicted octanol–water partition coefficient (Wildman–Crippen LogP) is 1.52. The normalized spacial score (nSPS) is 16.3. The molecule has 0 bridgehead atoms. The zero-order chi connectivity index (χ0) is 9.42. The number of nitrogens with zero attached hydrogens (tertiary/aromatic N) is 1. The highest BCUT2D eigenvalue weighted by molar-refractivity contribution is 9.10. The summed E-state index contributed by atoms with van der Waals surface area (Å²) in [6.07, 6.45) is 2.44. The molecule has 2 heterocycles. The number of amides is 1. The number of halogens is 2. The van der Waals surface area contributed by atoms with Crippen molar-refractivity contribution >= 4 is 21.8 Å². The Morgan fingerprint density at radius 1 is 1.62 bits per heavy atom. The standard InChI is InChI=1S/C8H8BrFN2O/c9-5-4-12-3-1-2-11-8(13)7(12)6(5)10/h4H,1-3H2,(H,11,13). The zero-order valence-electron chi connectivity index (χ0n) is 6.81. The summed E-state index contributed by atoms with van der Waals surface area (Å²) in [6, 6.07) is 0. The van der Waals surface area contributed by atoms with Gasteiger partial charge in [-0.25, -0.2) is 4.39 Å². The summed E-state index contributed by atoms with van der Waals surface area (Å²) in [5.41, 5.74) is 0.129. The highest BCUT2D eigenvalue weighted by Gasteiger charge is 2.22. The van der Waals surface area contributed by atoms with E-state index >= 15 is 0 Å². The topological polar surface area (TPSA) is 34.0 Å². The quantitative estimate of drug-likeness (QED) is 0.741. The molecular formula is C8H8BrFN2O. The third-order valence-electron chi connectivity index (χ3n) is 2.05. The monoisotopic (exact) mass is 246 g/mol. The van der Waals surface area contributed by atoms with Crippen LogP contribution in [-0.2, 0) is 6.54 Å². The number of fused-ring (bicyclic) bond motifs is 1. The van der Waals surface area contributed by atoms with Gasteiger partial charge in [0.15, 0.2) is 5.82 Å². The molecule has 0 aliphatic carbocycles. The van der Waals surface area contributed by atoms with E-state index in [0.29, 0.717) is 17.6 Å². The predicted molar refractivity (Wildman–Crippen MR) is 49.0 cm³/mol. The van der Waals surface area contributed by atoms with Crippen LogP contribution in [0.15, 0.2) is 10.7 Å². The van der Waals surface area contributed by atoms with Crippen LogP contribution in [0.4, 0.5) is 4.39 Å². The van der Waals surface area contributed by atoms with Gasteiger partial charge in [0.05, 0.1) is 4.47 Å². The fourth-order valence-corrected chi connectivity index (χ4v) is 1.87. The van der Waals surface area contributed by atoms with Gasteiger partial charge in [0.2, 0.25) is 0 Å². The number of carbonyl (C=O) groups is 1. The summed E-state index contributed by atoms with van der Waals surface area (Å²) in [4.78, 5) is 11.3. The molecule has 1 aromatic rings. The van der Waals surface area contributed by atoms with Crippen molar-refractivity contribution in [1.29, 1.82) is 0 Å². The first-order valence-electron chi connectivity index (χ1n) is 4.02. The van der Waals surface area contributed by atoms with E-state index in [0.717, 1.165) is 6.42 Å². The fraction of sp³-hybridized carbons (Fsp3) is 0.375. The molecule has 0 saturated carbocycles. The molecular weight excluding hydrogens is 239 g/mol. The van der Waals surface area contributed by atoms with Gasteiger partial charge in [0, 0.05) is 19.3 Å². The van der Waals surface area contributed by atoms with E-state index < -0.39 is 5.82 Å². The second-order valence-electron chi connectivity index (χ2n) is 2.94. The van der Waals surface area contributed by atoms with E-state index in [9.17, 15) is 9.18 Å². The van der Waals surface area contributed by atoms with Gasteiger partial charge in [0.1, 0.15) is 5.69 Å². The average Bonchev–Trinajstić information content (AvgIpc) is 2.29. The Balaban J connectivity index is 2.54. The minimum Gasteiger partial charge on any atom is -0.351 e. The maximum atomic E-state index is 13.3. The molecule has 1 aliphatic heterocycles. The van der Waals surface area contributed by atoms with E-state index in [2.05, 4.69) is 21.2 Å². The number of hydrogen-bond acceptors (Lipinski definition) is 1. The van der Waals surface area contributed by atoms with Crippen molar-refractivity contribution in [3.05, 3.63) is 22.2 Å². The van der Waals surface area contributed by atoms with Crippen molar-refractivity contribution in [2.24, 2.45) is 0 Å². The minimum absolute atomic E-state index is 0.129. The molecule has 1 aliphatic rings. The zero-order valence-corrected chi connectivity index (χ0v) is 8.40. The molecule has 13 heavy (non-hydrogen) atoms. The molecule has 2 rings (SSSR count). The SMILES string of the molecule is O=C1NCCCn2cc(Br)c(F)c21. The van der Waals surface area contributed by atoms with Gasteiger partial charge < -0.3 is 9.88 Å². The number of aryl methyl sites for hydroxylation is 1. The summed E-state index contributed by atoms with van der Waals surface area (Å²) in [5, 5.41) is 2.63. The van der Waals surface area contributed by atoms with Gasteiger partial charge >= 0.3 is 0 Å². The van der Waals surface area contributed by atoms with Crippen LogP contribution >= 0.6 is 15.9 Å². The fourth-order valence-electron chi connectivity index (χ4n) is 1.44. The molecule has 0 atom stereocenters. The Morgan fingerprint density at radius 3 is 3.15 bits per heavy atom. The summed E-state index contributed by atoms with van der Waals surface area (Å²) in [5.74, 6) is -0.805. The molecule has 0 radical (unpaired) electrons. The Morgan fingerprint density at radius 2 is 2.38 bits per heavy atom. The molecule has 1 amide bonds. The van der Waals surface area contributed by atoms with Crippen LogP contribution in [0.5, 0.6) is 0 Å². The van der Waals surface area contributed by atoms with Crippen LogP contribution in [0, 0.1) is 5.82 Å². The number of hydrogen-bond donors (Lipinski definition) is 1. The lowest BCUT2D eigenvalue weighted by Gasteiger charge is -2.00. The summed E-state index contributed by atoms with van der Waals surface area (Å²) in [6.45, 7) is 1.29. The molecule has 1 N–H and O–H groups in total. The maximum Gasteiger partial charge on any atom is 0.271 e. The van der Waals surface area contributed by atoms with Gasteiger partial charge in [-0.3, -0.25) is 4.79 Å². The van der Waals surface area contributed by atoms with Crippen LogP contribution in [0.1, 0.15) is 16.9 Å².